The summed E-state index contributed by atoms with van der Waals surface area (Å²) in [7, 11) is 0. The first-order chi connectivity index (χ1) is 12.6. The van der Waals surface area contributed by atoms with Gasteiger partial charge in [0.2, 0.25) is 5.91 Å². The molecule has 0 radical (unpaired) electrons. The second-order valence-corrected chi connectivity index (χ2v) is 6.30. The third-order valence-corrected chi connectivity index (χ3v) is 4.41. The number of hydrogen-bond acceptors (Lipinski definition) is 3. The van der Waals surface area contributed by atoms with Gasteiger partial charge in [0.15, 0.2) is 0 Å². The zero-order valence-corrected chi connectivity index (χ0v) is 15.2. The van der Waals surface area contributed by atoms with Crippen LogP contribution in [0.1, 0.15) is 42.6 Å². The lowest BCUT2D eigenvalue weighted by atomic mass is 10.00. The van der Waals surface area contributed by atoms with E-state index in [2.05, 4.69) is 12.2 Å². The van der Waals surface area contributed by atoms with Crippen LogP contribution < -0.4 is 15.0 Å². The average Bonchev–Trinajstić information content (AvgIpc) is 2.65. The van der Waals surface area contributed by atoms with Crippen LogP contribution in [0.4, 0.5) is 11.4 Å². The van der Waals surface area contributed by atoms with Crippen molar-refractivity contribution in [3.8, 4) is 5.75 Å². The minimum Gasteiger partial charge on any atom is -0.494 e. The standard InChI is InChI=1S/C21H24N2O3/c1-3-13-23-19-11-8-17(14-16(19)7-12-20(23)24)22-21(25)15-5-9-18(10-6-15)26-4-2/h5-6,8-11,14H,3-4,7,12-13H2,1-2H3,(H,22,25). The highest BCUT2D eigenvalue weighted by Gasteiger charge is 2.23. The number of carbonyl (C=O) groups is 2. The van der Waals surface area contributed by atoms with E-state index in [4.69, 9.17) is 4.74 Å². The van der Waals surface area contributed by atoms with Gasteiger partial charge in [-0.2, -0.15) is 0 Å². The lowest BCUT2D eigenvalue weighted by molar-refractivity contribution is -0.118. The Labute approximate surface area is 154 Å². The molecule has 2 amide bonds. The van der Waals surface area contributed by atoms with E-state index in [0.717, 1.165) is 35.7 Å². The van der Waals surface area contributed by atoms with Crippen molar-refractivity contribution in [3.63, 3.8) is 0 Å². The largest absolute Gasteiger partial charge is 0.494 e. The molecule has 0 spiro atoms. The third kappa shape index (κ3) is 3.87. The van der Waals surface area contributed by atoms with Crippen molar-refractivity contribution in [1.29, 1.82) is 0 Å². The Kier molecular flexibility index (Phi) is 5.56. The molecule has 5 heteroatoms. The maximum absolute atomic E-state index is 12.5. The molecule has 1 N–H and O–H groups in total. The molecule has 2 aromatic rings. The molecule has 0 atom stereocenters. The summed E-state index contributed by atoms with van der Waals surface area (Å²) in [5.74, 6) is 0.759. The van der Waals surface area contributed by atoms with E-state index in [1.165, 1.54) is 0 Å². The van der Waals surface area contributed by atoms with Gasteiger partial charge in [0.05, 0.1) is 6.61 Å². The van der Waals surface area contributed by atoms with Gasteiger partial charge in [-0.15, -0.1) is 0 Å². The molecule has 2 aromatic carbocycles. The van der Waals surface area contributed by atoms with Crippen LogP contribution in [-0.2, 0) is 11.2 Å². The number of benzene rings is 2. The molecule has 1 aliphatic heterocycles. The van der Waals surface area contributed by atoms with Crippen LogP contribution in [0, 0.1) is 0 Å². The molecule has 0 aromatic heterocycles. The summed E-state index contributed by atoms with van der Waals surface area (Å²) in [6.45, 7) is 5.31. The molecule has 1 heterocycles. The second kappa shape index (κ2) is 8.04. The number of amides is 2. The van der Waals surface area contributed by atoms with E-state index in [1.54, 1.807) is 24.3 Å². The van der Waals surface area contributed by atoms with Gasteiger partial charge in [-0.25, -0.2) is 0 Å². The van der Waals surface area contributed by atoms with Crippen molar-refractivity contribution in [2.45, 2.75) is 33.1 Å². The van der Waals surface area contributed by atoms with Crippen LogP contribution in [0.2, 0.25) is 0 Å². The molecule has 0 saturated carbocycles. The molecule has 0 fully saturated rings. The lowest BCUT2D eigenvalue weighted by Crippen LogP contribution is -2.35. The molecule has 5 nitrogen and oxygen atoms in total. The number of nitrogens with zero attached hydrogens (tertiary/aromatic N) is 1. The Balaban J connectivity index is 1.74. The van der Waals surface area contributed by atoms with Crippen molar-refractivity contribution >= 4 is 23.2 Å². The fraction of sp³-hybridized carbons (Fsp3) is 0.333. The normalized spacial score (nSPS) is 13.3. The summed E-state index contributed by atoms with van der Waals surface area (Å²) in [6.07, 6.45) is 2.14. The summed E-state index contributed by atoms with van der Waals surface area (Å²) < 4.78 is 5.40. The number of anilines is 2. The first kappa shape index (κ1) is 18.0. The van der Waals surface area contributed by atoms with Crippen LogP contribution in [0.15, 0.2) is 42.5 Å². The van der Waals surface area contributed by atoms with Gasteiger partial charge in [-0.05, 0) is 67.8 Å². The monoisotopic (exact) mass is 352 g/mol. The van der Waals surface area contributed by atoms with E-state index >= 15 is 0 Å². The van der Waals surface area contributed by atoms with Crippen molar-refractivity contribution < 1.29 is 14.3 Å². The van der Waals surface area contributed by atoms with Crippen LogP contribution in [0.5, 0.6) is 5.75 Å². The number of fused-ring (bicyclic) bond motifs is 1. The summed E-state index contributed by atoms with van der Waals surface area (Å²) in [6, 6.07) is 12.8. The number of rotatable bonds is 6. The van der Waals surface area contributed by atoms with Gasteiger partial charge < -0.3 is 15.0 Å². The number of carbonyl (C=O) groups excluding carboxylic acids is 2. The minimum atomic E-state index is -0.162. The highest BCUT2D eigenvalue weighted by molar-refractivity contribution is 6.05. The first-order valence-corrected chi connectivity index (χ1v) is 9.10. The van der Waals surface area contributed by atoms with Gasteiger partial charge in [0, 0.05) is 29.9 Å². The van der Waals surface area contributed by atoms with Crippen molar-refractivity contribution in [2.24, 2.45) is 0 Å². The van der Waals surface area contributed by atoms with Gasteiger partial charge >= 0.3 is 0 Å². The zero-order valence-electron chi connectivity index (χ0n) is 15.2. The Morgan fingerprint density at radius 1 is 1.12 bits per heavy atom. The predicted molar refractivity (Wildman–Crippen MR) is 103 cm³/mol. The van der Waals surface area contributed by atoms with Gasteiger partial charge in [-0.3, -0.25) is 9.59 Å². The zero-order chi connectivity index (χ0) is 18.5. The molecule has 0 bridgehead atoms. The smallest absolute Gasteiger partial charge is 0.255 e. The van der Waals surface area contributed by atoms with E-state index in [0.29, 0.717) is 25.0 Å². The molecule has 0 unspecified atom stereocenters. The highest BCUT2D eigenvalue weighted by Crippen LogP contribution is 2.30. The topological polar surface area (TPSA) is 58.6 Å². The van der Waals surface area contributed by atoms with E-state index in [1.807, 2.05) is 30.0 Å². The molecule has 1 aliphatic rings. The molecule has 0 aliphatic carbocycles. The lowest BCUT2D eigenvalue weighted by Gasteiger charge is -2.29. The highest BCUT2D eigenvalue weighted by atomic mass is 16.5. The molecule has 26 heavy (non-hydrogen) atoms. The van der Waals surface area contributed by atoms with Gasteiger partial charge in [0.25, 0.3) is 5.91 Å². The second-order valence-electron chi connectivity index (χ2n) is 6.30. The molecular formula is C21H24N2O3. The van der Waals surface area contributed by atoms with Crippen LogP contribution in [0.3, 0.4) is 0 Å². The number of hydrogen-bond donors (Lipinski definition) is 1. The van der Waals surface area contributed by atoms with Crippen molar-refractivity contribution in [3.05, 3.63) is 53.6 Å². The summed E-state index contributed by atoms with van der Waals surface area (Å²) in [5.41, 5.74) is 3.38. The first-order valence-electron chi connectivity index (χ1n) is 9.10. The number of ether oxygens (including phenoxy) is 1. The SMILES string of the molecule is CCCN1C(=O)CCc2cc(NC(=O)c3ccc(OCC)cc3)ccc21. The quantitative estimate of drug-likeness (QED) is 0.854. The number of aryl methyl sites for hydroxylation is 1. The maximum atomic E-state index is 12.5. The van der Waals surface area contributed by atoms with E-state index < -0.39 is 0 Å². The fourth-order valence-corrected chi connectivity index (χ4v) is 3.18. The van der Waals surface area contributed by atoms with Crippen molar-refractivity contribution in [1.82, 2.24) is 0 Å². The van der Waals surface area contributed by atoms with Crippen LogP contribution >= 0.6 is 0 Å². The molecular weight excluding hydrogens is 328 g/mol. The maximum Gasteiger partial charge on any atom is 0.255 e. The predicted octanol–water partition coefficient (Wildman–Crippen LogP) is 4.03. The van der Waals surface area contributed by atoms with Crippen molar-refractivity contribution in [2.75, 3.05) is 23.4 Å². The van der Waals surface area contributed by atoms with Crippen LogP contribution in [-0.4, -0.2) is 25.0 Å². The Morgan fingerprint density at radius 3 is 2.58 bits per heavy atom. The molecule has 0 saturated heterocycles. The summed E-state index contributed by atoms with van der Waals surface area (Å²) >= 11 is 0. The summed E-state index contributed by atoms with van der Waals surface area (Å²) in [4.78, 5) is 26.4. The average molecular weight is 352 g/mol. The minimum absolute atomic E-state index is 0.162. The van der Waals surface area contributed by atoms with Crippen LogP contribution in [0.25, 0.3) is 0 Å². The fourth-order valence-electron chi connectivity index (χ4n) is 3.18. The summed E-state index contributed by atoms with van der Waals surface area (Å²) in [5, 5.41) is 2.93. The Hall–Kier alpha value is -2.82. The molecule has 136 valence electrons. The Morgan fingerprint density at radius 2 is 1.88 bits per heavy atom. The molecule has 3 rings (SSSR count). The van der Waals surface area contributed by atoms with E-state index in [9.17, 15) is 9.59 Å². The number of nitrogens with one attached hydrogen (secondary N) is 1. The third-order valence-electron chi connectivity index (χ3n) is 4.41. The van der Waals surface area contributed by atoms with Gasteiger partial charge in [-0.1, -0.05) is 6.92 Å². The van der Waals surface area contributed by atoms with Gasteiger partial charge in [0.1, 0.15) is 5.75 Å². The Bertz CT molecular complexity index is 799. The van der Waals surface area contributed by atoms with E-state index in [-0.39, 0.29) is 11.8 Å².